The van der Waals surface area contributed by atoms with Gasteiger partial charge in [0.25, 0.3) is 0 Å². The van der Waals surface area contributed by atoms with E-state index >= 15 is 0 Å². The highest BCUT2D eigenvalue weighted by Crippen LogP contribution is 2.21. The SMILES string of the molecule is CCCCc1ccc(-c2cccc(C#N)c2)cc1. The molecule has 0 heterocycles. The Labute approximate surface area is 109 Å². The largest absolute Gasteiger partial charge is 0.192 e. The zero-order valence-electron chi connectivity index (χ0n) is 10.7. The van der Waals surface area contributed by atoms with Crippen molar-refractivity contribution in [1.29, 1.82) is 5.26 Å². The van der Waals surface area contributed by atoms with Crippen molar-refractivity contribution in [2.75, 3.05) is 0 Å². The lowest BCUT2D eigenvalue weighted by molar-refractivity contribution is 0.795. The van der Waals surface area contributed by atoms with E-state index < -0.39 is 0 Å². The van der Waals surface area contributed by atoms with Crippen molar-refractivity contribution < 1.29 is 0 Å². The van der Waals surface area contributed by atoms with Gasteiger partial charge in [0, 0.05) is 0 Å². The summed E-state index contributed by atoms with van der Waals surface area (Å²) < 4.78 is 0. The second-order valence-electron chi connectivity index (χ2n) is 4.49. The van der Waals surface area contributed by atoms with E-state index in [2.05, 4.69) is 37.3 Å². The lowest BCUT2D eigenvalue weighted by Crippen LogP contribution is -1.85. The first kappa shape index (κ1) is 12.4. The zero-order valence-corrected chi connectivity index (χ0v) is 10.7. The summed E-state index contributed by atoms with van der Waals surface area (Å²) in [6, 6.07) is 18.6. The Morgan fingerprint density at radius 2 is 1.78 bits per heavy atom. The van der Waals surface area contributed by atoms with Crippen molar-refractivity contribution in [2.45, 2.75) is 26.2 Å². The standard InChI is InChI=1S/C17H17N/c1-2-3-5-14-8-10-16(11-9-14)17-7-4-6-15(12-17)13-18/h4,6-12H,2-3,5H2,1H3. The molecule has 0 saturated carbocycles. The predicted molar refractivity (Wildman–Crippen MR) is 75.2 cm³/mol. The third kappa shape index (κ3) is 2.99. The van der Waals surface area contributed by atoms with Crippen molar-refractivity contribution in [3.63, 3.8) is 0 Å². The molecule has 1 heteroatoms. The number of benzene rings is 2. The van der Waals surface area contributed by atoms with Crippen LogP contribution >= 0.6 is 0 Å². The van der Waals surface area contributed by atoms with Crippen molar-refractivity contribution in [3.05, 3.63) is 59.7 Å². The minimum absolute atomic E-state index is 0.711. The average molecular weight is 235 g/mol. The molecule has 18 heavy (non-hydrogen) atoms. The van der Waals surface area contributed by atoms with Gasteiger partial charge in [0.1, 0.15) is 0 Å². The molecular weight excluding hydrogens is 218 g/mol. The zero-order chi connectivity index (χ0) is 12.8. The van der Waals surface area contributed by atoms with E-state index in [1.807, 2.05) is 24.3 Å². The van der Waals surface area contributed by atoms with Crippen LogP contribution in [0.4, 0.5) is 0 Å². The van der Waals surface area contributed by atoms with Crippen molar-refractivity contribution in [3.8, 4) is 17.2 Å². The van der Waals surface area contributed by atoms with Crippen LogP contribution in [0.1, 0.15) is 30.9 Å². The molecule has 0 aliphatic rings. The molecule has 0 aliphatic carbocycles. The Balaban J connectivity index is 2.21. The van der Waals surface area contributed by atoms with Gasteiger partial charge in [-0.2, -0.15) is 5.26 Å². The summed E-state index contributed by atoms with van der Waals surface area (Å²) in [5, 5.41) is 8.90. The highest BCUT2D eigenvalue weighted by atomic mass is 14.2. The third-order valence-electron chi connectivity index (χ3n) is 3.10. The van der Waals surface area contributed by atoms with Crippen LogP contribution in [0.2, 0.25) is 0 Å². The minimum Gasteiger partial charge on any atom is -0.192 e. The normalized spacial score (nSPS) is 10.0. The van der Waals surface area contributed by atoms with Crippen molar-refractivity contribution in [2.24, 2.45) is 0 Å². The maximum Gasteiger partial charge on any atom is 0.0991 e. The van der Waals surface area contributed by atoms with Gasteiger partial charge in [0.05, 0.1) is 11.6 Å². The van der Waals surface area contributed by atoms with Crippen molar-refractivity contribution >= 4 is 0 Å². The van der Waals surface area contributed by atoms with Crippen molar-refractivity contribution in [1.82, 2.24) is 0 Å². The van der Waals surface area contributed by atoms with E-state index in [1.165, 1.54) is 24.0 Å². The molecule has 0 N–H and O–H groups in total. The van der Waals surface area contributed by atoms with E-state index in [4.69, 9.17) is 5.26 Å². The molecule has 0 amide bonds. The number of unbranched alkanes of at least 4 members (excludes halogenated alkanes) is 1. The molecule has 0 spiro atoms. The van der Waals surface area contributed by atoms with E-state index in [9.17, 15) is 0 Å². The average Bonchev–Trinajstić information content (AvgIpc) is 2.46. The van der Waals surface area contributed by atoms with Gasteiger partial charge in [-0.15, -0.1) is 0 Å². The fourth-order valence-electron chi connectivity index (χ4n) is 2.01. The Hall–Kier alpha value is -2.07. The van der Waals surface area contributed by atoms with Crippen LogP contribution in [-0.4, -0.2) is 0 Å². The molecule has 0 fully saturated rings. The fraction of sp³-hybridized carbons (Fsp3) is 0.235. The maximum atomic E-state index is 8.90. The van der Waals surface area contributed by atoms with E-state index in [1.54, 1.807) is 0 Å². The summed E-state index contributed by atoms with van der Waals surface area (Å²) in [6.07, 6.45) is 3.62. The van der Waals surface area contributed by atoms with Crippen LogP contribution in [0.3, 0.4) is 0 Å². The van der Waals surface area contributed by atoms with Crippen LogP contribution in [-0.2, 0) is 6.42 Å². The van der Waals surface area contributed by atoms with E-state index in [0.29, 0.717) is 5.56 Å². The topological polar surface area (TPSA) is 23.8 Å². The maximum absolute atomic E-state index is 8.90. The Morgan fingerprint density at radius 3 is 2.44 bits per heavy atom. The predicted octanol–water partition coefficient (Wildman–Crippen LogP) is 4.57. The van der Waals surface area contributed by atoms with Gasteiger partial charge in [0.15, 0.2) is 0 Å². The second kappa shape index (κ2) is 6.02. The van der Waals surface area contributed by atoms with Gasteiger partial charge in [-0.1, -0.05) is 49.7 Å². The van der Waals surface area contributed by atoms with Gasteiger partial charge < -0.3 is 0 Å². The highest BCUT2D eigenvalue weighted by Gasteiger charge is 1.99. The number of aryl methyl sites for hydroxylation is 1. The molecule has 90 valence electrons. The van der Waals surface area contributed by atoms with Gasteiger partial charge in [-0.25, -0.2) is 0 Å². The monoisotopic (exact) mass is 235 g/mol. The highest BCUT2D eigenvalue weighted by molar-refractivity contribution is 5.65. The second-order valence-corrected chi connectivity index (χ2v) is 4.49. The summed E-state index contributed by atoms with van der Waals surface area (Å²) in [5.74, 6) is 0. The third-order valence-corrected chi connectivity index (χ3v) is 3.10. The van der Waals surface area contributed by atoms with Crippen LogP contribution in [0.25, 0.3) is 11.1 Å². The number of nitrogens with zero attached hydrogens (tertiary/aromatic N) is 1. The summed E-state index contributed by atoms with van der Waals surface area (Å²) in [4.78, 5) is 0. The Bertz CT molecular complexity index is 547. The quantitative estimate of drug-likeness (QED) is 0.761. The van der Waals surface area contributed by atoms with Gasteiger partial charge in [0.2, 0.25) is 0 Å². The molecule has 0 aromatic heterocycles. The molecule has 0 bridgehead atoms. The summed E-state index contributed by atoms with van der Waals surface area (Å²) in [6.45, 7) is 2.21. The molecule has 2 aromatic rings. The Kier molecular flexibility index (Phi) is 4.15. The smallest absolute Gasteiger partial charge is 0.0991 e. The fourth-order valence-corrected chi connectivity index (χ4v) is 2.01. The first-order chi connectivity index (χ1) is 8.83. The molecular formula is C17H17N. The van der Waals surface area contributed by atoms with Gasteiger partial charge in [-0.3, -0.25) is 0 Å². The number of rotatable bonds is 4. The molecule has 2 aromatic carbocycles. The lowest BCUT2D eigenvalue weighted by Gasteiger charge is -2.04. The molecule has 0 aliphatic heterocycles. The number of nitriles is 1. The molecule has 0 unspecified atom stereocenters. The number of hydrogen-bond donors (Lipinski definition) is 0. The first-order valence-electron chi connectivity index (χ1n) is 6.43. The molecule has 1 nitrogen and oxygen atoms in total. The minimum atomic E-state index is 0.711. The van der Waals surface area contributed by atoms with Gasteiger partial charge >= 0.3 is 0 Å². The lowest BCUT2D eigenvalue weighted by atomic mass is 10.0. The van der Waals surface area contributed by atoms with E-state index in [0.717, 1.165) is 12.0 Å². The molecule has 0 radical (unpaired) electrons. The molecule has 2 rings (SSSR count). The van der Waals surface area contributed by atoms with Crippen LogP contribution in [0.15, 0.2) is 48.5 Å². The van der Waals surface area contributed by atoms with Crippen LogP contribution < -0.4 is 0 Å². The van der Waals surface area contributed by atoms with Gasteiger partial charge in [-0.05, 0) is 41.7 Å². The van der Waals surface area contributed by atoms with Crippen LogP contribution in [0.5, 0.6) is 0 Å². The summed E-state index contributed by atoms with van der Waals surface area (Å²) in [5.41, 5.74) is 4.38. The summed E-state index contributed by atoms with van der Waals surface area (Å²) >= 11 is 0. The van der Waals surface area contributed by atoms with E-state index in [-0.39, 0.29) is 0 Å². The Morgan fingerprint density at radius 1 is 1.00 bits per heavy atom. The molecule has 0 atom stereocenters. The van der Waals surface area contributed by atoms with Crippen LogP contribution in [0, 0.1) is 11.3 Å². The number of hydrogen-bond acceptors (Lipinski definition) is 1. The summed E-state index contributed by atoms with van der Waals surface area (Å²) in [7, 11) is 0. The first-order valence-corrected chi connectivity index (χ1v) is 6.43. The molecule has 0 saturated heterocycles.